The van der Waals surface area contributed by atoms with Gasteiger partial charge in [0, 0.05) is 24.4 Å². The molecule has 1 aromatic carbocycles. The predicted molar refractivity (Wildman–Crippen MR) is 82.2 cm³/mol. The Kier molecular flexibility index (Phi) is 5.32. The van der Waals surface area contributed by atoms with Crippen molar-refractivity contribution in [1.29, 1.82) is 0 Å². The van der Waals surface area contributed by atoms with E-state index in [4.69, 9.17) is 0 Å². The third kappa shape index (κ3) is 4.29. The standard InChI is InChI=1S/C14H16F2N4S/c1-3-6-17-12-8-13(20-14(19-12)21-2)18-9-4-5-10(15)11(16)7-9/h4-5,7-8H,3,6H2,1-2H3,(H2,17,18,19,20). The first-order valence-corrected chi connectivity index (χ1v) is 7.74. The molecule has 0 saturated heterocycles. The highest BCUT2D eigenvalue weighted by molar-refractivity contribution is 7.98. The molecule has 2 N–H and O–H groups in total. The van der Waals surface area contributed by atoms with E-state index in [0.29, 0.717) is 22.5 Å². The zero-order valence-electron chi connectivity index (χ0n) is 11.8. The number of nitrogens with one attached hydrogen (secondary N) is 2. The van der Waals surface area contributed by atoms with E-state index in [0.717, 1.165) is 25.1 Å². The van der Waals surface area contributed by atoms with Crippen LogP contribution in [0.25, 0.3) is 0 Å². The zero-order chi connectivity index (χ0) is 15.2. The maximum atomic E-state index is 13.2. The number of nitrogens with zero attached hydrogens (tertiary/aromatic N) is 2. The van der Waals surface area contributed by atoms with Crippen molar-refractivity contribution in [2.75, 3.05) is 23.4 Å². The second kappa shape index (κ2) is 7.21. The fourth-order valence-electron chi connectivity index (χ4n) is 1.65. The molecule has 0 fully saturated rings. The Morgan fingerprint density at radius 3 is 2.52 bits per heavy atom. The molecule has 4 nitrogen and oxygen atoms in total. The molecule has 0 aliphatic heterocycles. The fraction of sp³-hybridized carbons (Fsp3) is 0.286. The third-order valence-corrected chi connectivity index (χ3v) is 3.18. The minimum Gasteiger partial charge on any atom is -0.370 e. The fourth-order valence-corrected chi connectivity index (χ4v) is 2.03. The van der Waals surface area contributed by atoms with Crippen molar-refractivity contribution in [2.24, 2.45) is 0 Å². The van der Waals surface area contributed by atoms with E-state index < -0.39 is 11.6 Å². The summed E-state index contributed by atoms with van der Waals surface area (Å²) in [4.78, 5) is 8.62. The van der Waals surface area contributed by atoms with Gasteiger partial charge in [0.15, 0.2) is 16.8 Å². The summed E-state index contributed by atoms with van der Waals surface area (Å²) in [7, 11) is 0. The number of hydrogen-bond acceptors (Lipinski definition) is 5. The molecule has 112 valence electrons. The second-order valence-corrected chi connectivity index (χ2v) is 5.08. The summed E-state index contributed by atoms with van der Waals surface area (Å²) < 4.78 is 26.1. The van der Waals surface area contributed by atoms with Crippen LogP contribution in [0, 0.1) is 11.6 Å². The van der Waals surface area contributed by atoms with Crippen molar-refractivity contribution < 1.29 is 8.78 Å². The van der Waals surface area contributed by atoms with Crippen molar-refractivity contribution in [3.05, 3.63) is 35.9 Å². The average molecular weight is 310 g/mol. The van der Waals surface area contributed by atoms with Crippen molar-refractivity contribution in [3.63, 3.8) is 0 Å². The van der Waals surface area contributed by atoms with E-state index in [1.807, 2.05) is 6.26 Å². The molecular formula is C14H16F2N4S. The van der Waals surface area contributed by atoms with Gasteiger partial charge in [0.05, 0.1) is 0 Å². The van der Waals surface area contributed by atoms with Gasteiger partial charge in [-0.1, -0.05) is 18.7 Å². The van der Waals surface area contributed by atoms with Crippen LogP contribution in [0.1, 0.15) is 13.3 Å². The molecule has 0 aliphatic rings. The molecule has 0 unspecified atom stereocenters. The monoisotopic (exact) mass is 310 g/mol. The molecule has 0 saturated carbocycles. The van der Waals surface area contributed by atoms with Crippen molar-refractivity contribution in [2.45, 2.75) is 18.5 Å². The molecule has 0 spiro atoms. The van der Waals surface area contributed by atoms with Gasteiger partial charge in [0.1, 0.15) is 11.6 Å². The lowest BCUT2D eigenvalue weighted by molar-refractivity contribution is 0.509. The smallest absolute Gasteiger partial charge is 0.191 e. The van der Waals surface area contributed by atoms with Crippen LogP contribution in [0.3, 0.4) is 0 Å². The minimum absolute atomic E-state index is 0.432. The van der Waals surface area contributed by atoms with Crippen LogP contribution in [0.5, 0.6) is 0 Å². The number of rotatable bonds is 6. The Morgan fingerprint density at radius 1 is 1.10 bits per heavy atom. The van der Waals surface area contributed by atoms with E-state index in [1.165, 1.54) is 17.8 Å². The topological polar surface area (TPSA) is 49.8 Å². The van der Waals surface area contributed by atoms with Gasteiger partial charge in [-0.2, -0.15) is 0 Å². The molecule has 21 heavy (non-hydrogen) atoms. The van der Waals surface area contributed by atoms with Gasteiger partial charge < -0.3 is 10.6 Å². The predicted octanol–water partition coefficient (Wildman–Crippen LogP) is 4.04. The molecule has 1 aromatic heterocycles. The van der Waals surface area contributed by atoms with Gasteiger partial charge in [-0.3, -0.25) is 0 Å². The highest BCUT2D eigenvalue weighted by Crippen LogP contribution is 2.22. The quantitative estimate of drug-likeness (QED) is 0.623. The number of anilines is 3. The summed E-state index contributed by atoms with van der Waals surface area (Å²) in [6.07, 6.45) is 2.85. The summed E-state index contributed by atoms with van der Waals surface area (Å²) in [5.41, 5.74) is 0.432. The van der Waals surface area contributed by atoms with Crippen LogP contribution >= 0.6 is 11.8 Å². The zero-order valence-corrected chi connectivity index (χ0v) is 12.6. The van der Waals surface area contributed by atoms with Crippen LogP contribution in [-0.2, 0) is 0 Å². The summed E-state index contributed by atoms with van der Waals surface area (Å²) in [6, 6.07) is 5.36. The average Bonchev–Trinajstić information content (AvgIpc) is 2.48. The first-order valence-electron chi connectivity index (χ1n) is 6.51. The van der Waals surface area contributed by atoms with Crippen LogP contribution in [0.15, 0.2) is 29.4 Å². The maximum absolute atomic E-state index is 13.2. The van der Waals surface area contributed by atoms with Crippen LogP contribution in [0.4, 0.5) is 26.1 Å². The summed E-state index contributed by atoms with van der Waals surface area (Å²) in [5, 5.41) is 6.73. The van der Waals surface area contributed by atoms with Gasteiger partial charge in [-0.15, -0.1) is 0 Å². The first kappa shape index (κ1) is 15.5. The molecule has 2 aromatic rings. The molecule has 2 rings (SSSR count). The molecular weight excluding hydrogens is 294 g/mol. The molecule has 0 aliphatic carbocycles. The molecule has 0 radical (unpaired) electrons. The number of benzene rings is 1. The normalized spacial score (nSPS) is 10.5. The highest BCUT2D eigenvalue weighted by Gasteiger charge is 2.06. The van der Waals surface area contributed by atoms with Crippen LogP contribution in [-0.4, -0.2) is 22.8 Å². The van der Waals surface area contributed by atoms with E-state index in [-0.39, 0.29) is 0 Å². The Bertz CT molecular complexity index is 622. The lowest BCUT2D eigenvalue weighted by atomic mass is 10.3. The van der Waals surface area contributed by atoms with E-state index in [9.17, 15) is 8.78 Å². The van der Waals surface area contributed by atoms with Gasteiger partial charge in [0.25, 0.3) is 0 Å². The van der Waals surface area contributed by atoms with Crippen LogP contribution in [0.2, 0.25) is 0 Å². The van der Waals surface area contributed by atoms with Crippen LogP contribution < -0.4 is 10.6 Å². The van der Waals surface area contributed by atoms with Gasteiger partial charge in [-0.25, -0.2) is 18.7 Å². The Balaban J connectivity index is 2.23. The largest absolute Gasteiger partial charge is 0.370 e. The number of hydrogen-bond donors (Lipinski definition) is 2. The van der Waals surface area contributed by atoms with Gasteiger partial charge in [0.2, 0.25) is 0 Å². The summed E-state index contributed by atoms with van der Waals surface area (Å²) >= 11 is 1.41. The molecule has 0 atom stereocenters. The number of halogens is 2. The molecule has 1 heterocycles. The summed E-state index contributed by atoms with van der Waals surface area (Å²) in [5.74, 6) is -0.554. The van der Waals surface area contributed by atoms with E-state index in [1.54, 1.807) is 6.07 Å². The van der Waals surface area contributed by atoms with E-state index in [2.05, 4.69) is 27.5 Å². The lowest BCUT2D eigenvalue weighted by Crippen LogP contribution is -2.05. The Labute approximate surface area is 126 Å². The molecule has 0 amide bonds. The Hall–Kier alpha value is -1.89. The van der Waals surface area contributed by atoms with E-state index >= 15 is 0 Å². The highest BCUT2D eigenvalue weighted by atomic mass is 32.2. The maximum Gasteiger partial charge on any atom is 0.191 e. The van der Waals surface area contributed by atoms with Crippen molar-refractivity contribution in [3.8, 4) is 0 Å². The van der Waals surface area contributed by atoms with Crippen molar-refractivity contribution in [1.82, 2.24) is 9.97 Å². The summed E-state index contributed by atoms with van der Waals surface area (Å²) in [6.45, 7) is 2.86. The third-order valence-electron chi connectivity index (χ3n) is 2.64. The second-order valence-electron chi connectivity index (χ2n) is 4.31. The number of thioether (sulfide) groups is 1. The van der Waals surface area contributed by atoms with Gasteiger partial charge in [-0.05, 0) is 24.8 Å². The molecule has 7 heteroatoms. The van der Waals surface area contributed by atoms with Gasteiger partial charge >= 0.3 is 0 Å². The molecule has 0 bridgehead atoms. The first-order chi connectivity index (χ1) is 10.1. The minimum atomic E-state index is -0.900. The lowest BCUT2D eigenvalue weighted by Gasteiger charge is -2.10. The Morgan fingerprint density at radius 2 is 1.86 bits per heavy atom. The SMILES string of the molecule is CCCNc1cc(Nc2ccc(F)c(F)c2)nc(SC)n1. The van der Waals surface area contributed by atoms with Crippen molar-refractivity contribution >= 4 is 29.1 Å². The number of aromatic nitrogens is 2.